The molecule has 0 saturated heterocycles. The number of aliphatic imine (C=N–C) groups is 1. The number of para-hydroxylation sites is 1. The Balaban J connectivity index is 1.90. The SMILES string of the molecule is CCCC1N=C(c2ccc(OC)cc2)CC(c2ccccc2O)N1. The first kappa shape index (κ1) is 16.5. The van der Waals surface area contributed by atoms with Gasteiger partial charge in [-0.2, -0.15) is 0 Å². The van der Waals surface area contributed by atoms with Gasteiger partial charge in [-0.05, 0) is 42.3 Å². The van der Waals surface area contributed by atoms with Crippen LogP contribution < -0.4 is 10.1 Å². The molecule has 0 aliphatic carbocycles. The summed E-state index contributed by atoms with van der Waals surface area (Å²) in [6, 6.07) is 15.6. The minimum Gasteiger partial charge on any atom is -0.508 e. The first-order valence-corrected chi connectivity index (χ1v) is 8.46. The number of phenolic OH excluding ortho intramolecular Hbond substituents is 1. The van der Waals surface area contributed by atoms with Crippen LogP contribution in [0.15, 0.2) is 53.5 Å². The second-order valence-electron chi connectivity index (χ2n) is 6.09. The summed E-state index contributed by atoms with van der Waals surface area (Å²) in [6.07, 6.45) is 2.86. The lowest BCUT2D eigenvalue weighted by molar-refractivity contribution is 0.391. The average molecular weight is 324 g/mol. The molecule has 1 aliphatic heterocycles. The fourth-order valence-corrected chi connectivity index (χ4v) is 3.14. The highest BCUT2D eigenvalue weighted by molar-refractivity contribution is 6.01. The molecule has 2 N–H and O–H groups in total. The number of hydrogen-bond donors (Lipinski definition) is 2. The van der Waals surface area contributed by atoms with Gasteiger partial charge in [0.05, 0.1) is 7.11 Å². The third-order valence-electron chi connectivity index (χ3n) is 4.40. The molecule has 0 saturated carbocycles. The molecule has 3 rings (SSSR count). The van der Waals surface area contributed by atoms with Gasteiger partial charge in [-0.25, -0.2) is 0 Å². The number of aromatic hydroxyl groups is 1. The van der Waals surface area contributed by atoms with Gasteiger partial charge in [-0.15, -0.1) is 0 Å². The Kier molecular flexibility index (Phi) is 5.16. The smallest absolute Gasteiger partial charge is 0.120 e. The van der Waals surface area contributed by atoms with Crippen molar-refractivity contribution in [3.8, 4) is 11.5 Å². The Morgan fingerprint density at radius 3 is 2.58 bits per heavy atom. The summed E-state index contributed by atoms with van der Waals surface area (Å²) in [7, 11) is 1.67. The van der Waals surface area contributed by atoms with Crippen molar-refractivity contribution in [2.24, 2.45) is 4.99 Å². The molecular weight excluding hydrogens is 300 g/mol. The van der Waals surface area contributed by atoms with E-state index in [1.54, 1.807) is 13.2 Å². The molecule has 4 heteroatoms. The highest BCUT2D eigenvalue weighted by Crippen LogP contribution is 2.31. The molecule has 126 valence electrons. The molecule has 0 aromatic heterocycles. The van der Waals surface area contributed by atoms with E-state index < -0.39 is 0 Å². The van der Waals surface area contributed by atoms with Crippen molar-refractivity contribution >= 4 is 5.71 Å². The third kappa shape index (κ3) is 3.60. The minimum absolute atomic E-state index is 0.0670. The van der Waals surface area contributed by atoms with Crippen molar-refractivity contribution in [2.75, 3.05) is 7.11 Å². The summed E-state index contributed by atoms with van der Waals surface area (Å²) < 4.78 is 5.24. The predicted octanol–water partition coefficient (Wildman–Crippen LogP) is 4.05. The van der Waals surface area contributed by atoms with Crippen LogP contribution in [0, 0.1) is 0 Å². The lowest BCUT2D eigenvalue weighted by atomic mass is 9.94. The molecule has 0 bridgehead atoms. The van der Waals surface area contributed by atoms with E-state index in [0.717, 1.165) is 41.9 Å². The van der Waals surface area contributed by atoms with E-state index >= 15 is 0 Å². The zero-order valence-corrected chi connectivity index (χ0v) is 14.2. The predicted molar refractivity (Wildman–Crippen MR) is 96.8 cm³/mol. The van der Waals surface area contributed by atoms with Crippen LogP contribution in [0.3, 0.4) is 0 Å². The van der Waals surface area contributed by atoms with Gasteiger partial charge in [-0.1, -0.05) is 31.5 Å². The molecular formula is C20H24N2O2. The maximum Gasteiger partial charge on any atom is 0.120 e. The van der Waals surface area contributed by atoms with E-state index in [4.69, 9.17) is 9.73 Å². The Labute approximate surface area is 143 Å². The second-order valence-corrected chi connectivity index (χ2v) is 6.09. The van der Waals surface area contributed by atoms with Gasteiger partial charge in [0, 0.05) is 23.7 Å². The summed E-state index contributed by atoms with van der Waals surface area (Å²) >= 11 is 0. The van der Waals surface area contributed by atoms with Gasteiger partial charge in [0.2, 0.25) is 0 Å². The van der Waals surface area contributed by atoms with Gasteiger partial charge in [-0.3, -0.25) is 10.3 Å². The van der Waals surface area contributed by atoms with Crippen molar-refractivity contribution in [3.63, 3.8) is 0 Å². The van der Waals surface area contributed by atoms with E-state index in [2.05, 4.69) is 12.2 Å². The molecule has 2 aromatic rings. The monoisotopic (exact) mass is 324 g/mol. The van der Waals surface area contributed by atoms with E-state index in [1.165, 1.54) is 0 Å². The van der Waals surface area contributed by atoms with Crippen molar-refractivity contribution in [2.45, 2.75) is 38.4 Å². The van der Waals surface area contributed by atoms with Crippen LogP contribution in [0.4, 0.5) is 0 Å². The Hall–Kier alpha value is -2.33. The minimum atomic E-state index is 0.0670. The lowest BCUT2D eigenvalue weighted by Gasteiger charge is -2.30. The average Bonchev–Trinajstić information content (AvgIpc) is 2.62. The van der Waals surface area contributed by atoms with Crippen LogP contribution in [0.2, 0.25) is 0 Å². The normalized spacial score (nSPS) is 20.5. The van der Waals surface area contributed by atoms with Crippen molar-refractivity contribution in [3.05, 3.63) is 59.7 Å². The molecule has 24 heavy (non-hydrogen) atoms. The topological polar surface area (TPSA) is 53.9 Å². The number of methoxy groups -OCH3 is 1. The fourth-order valence-electron chi connectivity index (χ4n) is 3.14. The van der Waals surface area contributed by atoms with E-state index in [-0.39, 0.29) is 12.2 Å². The number of phenols is 1. The molecule has 2 aromatic carbocycles. The van der Waals surface area contributed by atoms with Crippen molar-refractivity contribution in [1.82, 2.24) is 5.32 Å². The third-order valence-corrected chi connectivity index (χ3v) is 4.40. The largest absolute Gasteiger partial charge is 0.508 e. The number of nitrogens with one attached hydrogen (secondary N) is 1. The van der Waals surface area contributed by atoms with Crippen LogP contribution in [-0.2, 0) is 0 Å². The zero-order valence-electron chi connectivity index (χ0n) is 14.2. The van der Waals surface area contributed by atoms with E-state index in [9.17, 15) is 5.11 Å². The Morgan fingerprint density at radius 2 is 1.92 bits per heavy atom. The molecule has 2 unspecified atom stereocenters. The van der Waals surface area contributed by atoms with Gasteiger partial charge in [0.1, 0.15) is 17.7 Å². The number of nitrogens with zero attached hydrogens (tertiary/aromatic N) is 1. The number of benzene rings is 2. The maximum atomic E-state index is 10.2. The van der Waals surface area contributed by atoms with E-state index in [0.29, 0.717) is 5.75 Å². The van der Waals surface area contributed by atoms with Crippen LogP contribution in [0.25, 0.3) is 0 Å². The summed E-state index contributed by atoms with van der Waals surface area (Å²) in [5, 5.41) is 13.8. The van der Waals surface area contributed by atoms with E-state index in [1.807, 2.05) is 42.5 Å². The van der Waals surface area contributed by atoms with Crippen molar-refractivity contribution in [1.29, 1.82) is 0 Å². The quantitative estimate of drug-likeness (QED) is 0.872. The molecule has 0 amide bonds. The van der Waals surface area contributed by atoms with Gasteiger partial charge >= 0.3 is 0 Å². The summed E-state index contributed by atoms with van der Waals surface area (Å²) in [5.41, 5.74) is 3.11. The first-order valence-electron chi connectivity index (χ1n) is 8.46. The van der Waals surface area contributed by atoms with Crippen LogP contribution >= 0.6 is 0 Å². The van der Waals surface area contributed by atoms with Crippen LogP contribution in [0.5, 0.6) is 11.5 Å². The molecule has 0 fully saturated rings. The van der Waals surface area contributed by atoms with Crippen LogP contribution in [-0.4, -0.2) is 24.1 Å². The Morgan fingerprint density at radius 1 is 1.17 bits per heavy atom. The van der Waals surface area contributed by atoms with Gasteiger partial charge in [0.15, 0.2) is 0 Å². The fraction of sp³-hybridized carbons (Fsp3) is 0.350. The summed E-state index contributed by atoms with van der Waals surface area (Å²) in [4.78, 5) is 4.89. The zero-order chi connectivity index (χ0) is 16.9. The van der Waals surface area contributed by atoms with Crippen LogP contribution in [0.1, 0.15) is 43.4 Å². The summed E-state index contributed by atoms with van der Waals surface area (Å²) in [5.74, 6) is 1.18. The standard InChI is InChI=1S/C20H24N2O2/c1-3-6-20-21-17(14-9-11-15(24-2)12-10-14)13-18(22-20)16-7-4-5-8-19(16)23/h4-5,7-12,18,20,22-23H,3,6,13H2,1-2H3. The molecule has 1 heterocycles. The maximum absolute atomic E-state index is 10.2. The second kappa shape index (κ2) is 7.49. The van der Waals surface area contributed by atoms with Gasteiger partial charge < -0.3 is 9.84 Å². The summed E-state index contributed by atoms with van der Waals surface area (Å²) in [6.45, 7) is 2.16. The molecule has 0 radical (unpaired) electrons. The molecule has 1 aliphatic rings. The van der Waals surface area contributed by atoms with Crippen molar-refractivity contribution < 1.29 is 9.84 Å². The first-order chi connectivity index (χ1) is 11.7. The number of hydrogen-bond acceptors (Lipinski definition) is 4. The number of ether oxygens (including phenoxy) is 1. The highest BCUT2D eigenvalue weighted by atomic mass is 16.5. The Bertz CT molecular complexity index is 710. The van der Waals surface area contributed by atoms with Gasteiger partial charge in [0.25, 0.3) is 0 Å². The molecule has 0 spiro atoms. The molecule has 2 atom stereocenters. The molecule has 4 nitrogen and oxygen atoms in total. The lowest BCUT2D eigenvalue weighted by Crippen LogP contribution is -2.38. The highest BCUT2D eigenvalue weighted by Gasteiger charge is 2.26. The number of rotatable bonds is 5.